The molecule has 1 aromatic heterocycles. The topological polar surface area (TPSA) is 24.9 Å². The molecule has 0 aliphatic carbocycles. The van der Waals surface area contributed by atoms with E-state index in [9.17, 15) is 0 Å². The molecule has 0 saturated heterocycles. The SMILES string of the molecule is CCNC(Cc1ccccc1)Cc1ccccn1. The van der Waals surface area contributed by atoms with Crippen LogP contribution in [0.15, 0.2) is 54.7 Å². The second-order valence-electron chi connectivity index (χ2n) is 4.47. The number of nitrogens with one attached hydrogen (secondary N) is 1. The average molecular weight is 240 g/mol. The highest BCUT2D eigenvalue weighted by Gasteiger charge is 2.09. The van der Waals surface area contributed by atoms with Gasteiger partial charge in [-0.3, -0.25) is 4.98 Å². The van der Waals surface area contributed by atoms with Crippen LogP contribution in [0.4, 0.5) is 0 Å². The molecule has 1 atom stereocenters. The molecule has 0 fully saturated rings. The van der Waals surface area contributed by atoms with Crippen molar-refractivity contribution in [2.24, 2.45) is 0 Å². The molecule has 0 bridgehead atoms. The van der Waals surface area contributed by atoms with Crippen LogP contribution < -0.4 is 5.32 Å². The third-order valence-electron chi connectivity index (χ3n) is 3.00. The summed E-state index contributed by atoms with van der Waals surface area (Å²) >= 11 is 0. The van der Waals surface area contributed by atoms with Gasteiger partial charge in [0.15, 0.2) is 0 Å². The summed E-state index contributed by atoms with van der Waals surface area (Å²) in [5.41, 5.74) is 2.53. The third kappa shape index (κ3) is 3.97. The molecular weight excluding hydrogens is 220 g/mol. The van der Waals surface area contributed by atoms with Gasteiger partial charge in [0.1, 0.15) is 0 Å². The zero-order valence-electron chi connectivity index (χ0n) is 10.8. The molecule has 0 aliphatic rings. The van der Waals surface area contributed by atoms with Crippen molar-refractivity contribution in [2.45, 2.75) is 25.8 Å². The Labute approximate surface area is 109 Å². The Hall–Kier alpha value is -1.67. The molecule has 1 heterocycles. The number of benzene rings is 1. The molecule has 2 heteroatoms. The molecule has 0 radical (unpaired) electrons. The fourth-order valence-electron chi connectivity index (χ4n) is 2.18. The lowest BCUT2D eigenvalue weighted by Gasteiger charge is -2.17. The second kappa shape index (κ2) is 6.92. The van der Waals surface area contributed by atoms with Crippen LogP contribution in [0.25, 0.3) is 0 Å². The predicted octanol–water partition coefficient (Wildman–Crippen LogP) is 2.84. The summed E-state index contributed by atoms with van der Waals surface area (Å²) in [7, 11) is 0. The third-order valence-corrected chi connectivity index (χ3v) is 3.00. The van der Waals surface area contributed by atoms with Gasteiger partial charge in [-0.05, 0) is 30.7 Å². The molecule has 94 valence electrons. The number of rotatable bonds is 6. The summed E-state index contributed by atoms with van der Waals surface area (Å²) in [6.45, 7) is 3.14. The van der Waals surface area contributed by atoms with Crippen LogP contribution in [0.2, 0.25) is 0 Å². The fraction of sp³-hybridized carbons (Fsp3) is 0.312. The molecule has 2 nitrogen and oxygen atoms in total. The zero-order valence-corrected chi connectivity index (χ0v) is 10.8. The van der Waals surface area contributed by atoms with Crippen LogP contribution in [0.5, 0.6) is 0 Å². The molecule has 2 aromatic rings. The van der Waals surface area contributed by atoms with E-state index in [1.54, 1.807) is 0 Å². The van der Waals surface area contributed by atoms with Gasteiger partial charge in [0, 0.05) is 24.4 Å². The minimum Gasteiger partial charge on any atom is -0.314 e. The van der Waals surface area contributed by atoms with E-state index in [-0.39, 0.29) is 0 Å². The lowest BCUT2D eigenvalue weighted by atomic mass is 10.0. The van der Waals surface area contributed by atoms with Crippen molar-refractivity contribution < 1.29 is 0 Å². The number of aromatic nitrogens is 1. The second-order valence-corrected chi connectivity index (χ2v) is 4.47. The lowest BCUT2D eigenvalue weighted by molar-refractivity contribution is 0.516. The Balaban J connectivity index is 2.00. The summed E-state index contributed by atoms with van der Waals surface area (Å²) in [5, 5.41) is 3.54. The van der Waals surface area contributed by atoms with Crippen LogP contribution in [0, 0.1) is 0 Å². The number of hydrogen-bond donors (Lipinski definition) is 1. The molecule has 1 unspecified atom stereocenters. The van der Waals surface area contributed by atoms with Crippen LogP contribution in [-0.2, 0) is 12.8 Å². The number of nitrogens with zero attached hydrogens (tertiary/aromatic N) is 1. The average Bonchev–Trinajstić information content (AvgIpc) is 2.41. The largest absolute Gasteiger partial charge is 0.314 e. The number of likely N-dealkylation sites (N-methyl/N-ethyl adjacent to an activating group) is 1. The summed E-state index contributed by atoms with van der Waals surface area (Å²) in [6.07, 6.45) is 3.88. The van der Waals surface area contributed by atoms with Crippen molar-refractivity contribution in [2.75, 3.05) is 6.54 Å². The summed E-state index contributed by atoms with van der Waals surface area (Å²) in [5.74, 6) is 0. The van der Waals surface area contributed by atoms with Gasteiger partial charge in [0.25, 0.3) is 0 Å². The number of hydrogen-bond acceptors (Lipinski definition) is 2. The first-order chi connectivity index (χ1) is 8.88. The lowest BCUT2D eigenvalue weighted by Crippen LogP contribution is -2.33. The molecule has 0 aliphatic heterocycles. The maximum Gasteiger partial charge on any atom is 0.0419 e. The van der Waals surface area contributed by atoms with E-state index in [2.05, 4.69) is 53.6 Å². The van der Waals surface area contributed by atoms with Gasteiger partial charge >= 0.3 is 0 Å². The van der Waals surface area contributed by atoms with Crippen molar-refractivity contribution in [3.8, 4) is 0 Å². The van der Waals surface area contributed by atoms with Gasteiger partial charge in [-0.2, -0.15) is 0 Å². The van der Waals surface area contributed by atoms with E-state index in [0.717, 1.165) is 25.1 Å². The van der Waals surface area contributed by atoms with E-state index in [4.69, 9.17) is 0 Å². The molecular formula is C16H20N2. The Kier molecular flexibility index (Phi) is 4.91. The fourth-order valence-corrected chi connectivity index (χ4v) is 2.18. The summed E-state index contributed by atoms with van der Waals surface area (Å²) < 4.78 is 0. The van der Waals surface area contributed by atoms with Gasteiger partial charge in [-0.25, -0.2) is 0 Å². The Morgan fingerprint density at radius 2 is 1.78 bits per heavy atom. The molecule has 18 heavy (non-hydrogen) atoms. The molecule has 0 amide bonds. The molecule has 2 rings (SSSR count). The zero-order chi connectivity index (χ0) is 12.6. The summed E-state index contributed by atoms with van der Waals surface area (Å²) in [4.78, 5) is 4.40. The Bertz CT molecular complexity index is 398. The predicted molar refractivity (Wildman–Crippen MR) is 75.6 cm³/mol. The smallest absolute Gasteiger partial charge is 0.0419 e. The summed E-state index contributed by atoms with van der Waals surface area (Å²) in [6, 6.07) is 17.2. The first-order valence-corrected chi connectivity index (χ1v) is 6.55. The van der Waals surface area contributed by atoms with E-state index >= 15 is 0 Å². The van der Waals surface area contributed by atoms with Gasteiger partial charge in [0.05, 0.1) is 0 Å². The Morgan fingerprint density at radius 3 is 2.44 bits per heavy atom. The standard InChI is InChI=1S/C16H20N2/c1-2-17-16(12-14-8-4-3-5-9-14)13-15-10-6-7-11-18-15/h3-11,16-17H,2,12-13H2,1H3. The van der Waals surface area contributed by atoms with Crippen molar-refractivity contribution >= 4 is 0 Å². The number of pyridine rings is 1. The Morgan fingerprint density at radius 1 is 1.00 bits per heavy atom. The van der Waals surface area contributed by atoms with E-state index in [1.807, 2.05) is 18.3 Å². The quantitative estimate of drug-likeness (QED) is 0.840. The van der Waals surface area contributed by atoms with Crippen molar-refractivity contribution in [1.82, 2.24) is 10.3 Å². The van der Waals surface area contributed by atoms with Crippen molar-refractivity contribution in [3.05, 3.63) is 66.0 Å². The normalized spacial score (nSPS) is 12.3. The van der Waals surface area contributed by atoms with Crippen LogP contribution in [0.1, 0.15) is 18.2 Å². The van der Waals surface area contributed by atoms with Crippen LogP contribution in [-0.4, -0.2) is 17.6 Å². The van der Waals surface area contributed by atoms with Crippen LogP contribution in [0.3, 0.4) is 0 Å². The highest BCUT2D eigenvalue weighted by Crippen LogP contribution is 2.07. The molecule has 1 aromatic carbocycles. The first-order valence-electron chi connectivity index (χ1n) is 6.55. The minimum absolute atomic E-state index is 0.451. The highest BCUT2D eigenvalue weighted by atomic mass is 14.9. The van der Waals surface area contributed by atoms with Gasteiger partial charge in [-0.15, -0.1) is 0 Å². The van der Waals surface area contributed by atoms with Crippen LogP contribution >= 0.6 is 0 Å². The van der Waals surface area contributed by atoms with Gasteiger partial charge in [0.2, 0.25) is 0 Å². The first kappa shape index (κ1) is 12.8. The van der Waals surface area contributed by atoms with E-state index in [0.29, 0.717) is 6.04 Å². The minimum atomic E-state index is 0.451. The van der Waals surface area contributed by atoms with Gasteiger partial charge in [-0.1, -0.05) is 43.3 Å². The maximum atomic E-state index is 4.40. The van der Waals surface area contributed by atoms with E-state index in [1.165, 1.54) is 5.56 Å². The molecule has 0 saturated carbocycles. The van der Waals surface area contributed by atoms with Crippen molar-refractivity contribution in [3.63, 3.8) is 0 Å². The van der Waals surface area contributed by atoms with Crippen molar-refractivity contribution in [1.29, 1.82) is 0 Å². The highest BCUT2D eigenvalue weighted by molar-refractivity contribution is 5.17. The molecule has 0 spiro atoms. The molecule has 1 N–H and O–H groups in total. The van der Waals surface area contributed by atoms with Gasteiger partial charge < -0.3 is 5.32 Å². The van der Waals surface area contributed by atoms with E-state index < -0.39 is 0 Å². The maximum absolute atomic E-state index is 4.40. The monoisotopic (exact) mass is 240 g/mol.